The van der Waals surface area contributed by atoms with Crippen molar-refractivity contribution >= 4 is 19.8 Å². The average molecular weight is 929 g/mol. The van der Waals surface area contributed by atoms with Crippen molar-refractivity contribution < 1.29 is 63.1 Å². The molecule has 65 heavy (non-hydrogen) atoms. The molecule has 1 rings (SSSR count). The van der Waals surface area contributed by atoms with Gasteiger partial charge in [-0.15, -0.1) is 0 Å². The van der Waals surface area contributed by atoms with E-state index < -0.39 is 75.7 Å². The van der Waals surface area contributed by atoms with Gasteiger partial charge in [0.25, 0.3) is 0 Å². The Morgan fingerprint density at radius 1 is 0.477 bits per heavy atom. The molecule has 0 aromatic rings. The smallest absolute Gasteiger partial charge is 0.462 e. The first kappa shape index (κ1) is 59.0. The summed E-state index contributed by atoms with van der Waals surface area (Å²) < 4.78 is 33.4. The molecule has 0 spiro atoms. The highest BCUT2D eigenvalue weighted by molar-refractivity contribution is 7.47. The molecule has 6 unspecified atom stereocenters. The first-order valence-corrected chi connectivity index (χ1v) is 24.5. The molecule has 6 N–H and O–H groups in total. The Balaban J connectivity index is 2.57. The van der Waals surface area contributed by atoms with Gasteiger partial charge in [-0.2, -0.15) is 0 Å². The number of phosphoric acid groups is 1. The Morgan fingerprint density at radius 2 is 0.831 bits per heavy atom. The zero-order chi connectivity index (χ0) is 47.8. The monoisotopic (exact) mass is 929 g/mol. The van der Waals surface area contributed by atoms with E-state index in [1.807, 2.05) is 30.4 Å². The van der Waals surface area contributed by atoms with E-state index in [0.717, 1.165) is 64.2 Å². The quantitative estimate of drug-likeness (QED) is 0.0152. The molecule has 1 aliphatic carbocycles. The van der Waals surface area contributed by atoms with Gasteiger partial charge in [0.05, 0.1) is 6.61 Å². The van der Waals surface area contributed by atoms with Crippen molar-refractivity contribution in [3.05, 3.63) is 134 Å². The van der Waals surface area contributed by atoms with Crippen molar-refractivity contribution in [2.75, 3.05) is 13.2 Å². The maximum absolute atomic E-state index is 12.8. The second kappa shape index (κ2) is 39.2. The van der Waals surface area contributed by atoms with E-state index in [9.17, 15) is 44.6 Å². The Kier molecular flexibility index (Phi) is 35.6. The fourth-order valence-electron chi connectivity index (χ4n) is 5.88. The first-order valence-electron chi connectivity index (χ1n) is 23.0. The van der Waals surface area contributed by atoms with Crippen molar-refractivity contribution in [2.24, 2.45) is 0 Å². The summed E-state index contributed by atoms with van der Waals surface area (Å²) in [6.45, 7) is 2.93. The average Bonchev–Trinajstić information content (AvgIpc) is 3.29. The number of allylic oxidation sites excluding steroid dienone is 22. The second-order valence-corrected chi connectivity index (χ2v) is 16.5. The number of carbonyl (C=O) groups is 2. The molecule has 0 aromatic heterocycles. The molecule has 14 heteroatoms. The van der Waals surface area contributed by atoms with Crippen molar-refractivity contribution in [3.63, 3.8) is 0 Å². The molecule has 0 heterocycles. The Labute approximate surface area is 387 Å². The molecule has 0 aromatic carbocycles. The van der Waals surface area contributed by atoms with Crippen molar-refractivity contribution in [2.45, 2.75) is 159 Å². The van der Waals surface area contributed by atoms with Crippen LogP contribution < -0.4 is 0 Å². The summed E-state index contributed by atoms with van der Waals surface area (Å²) in [7, 11) is -5.16. The minimum absolute atomic E-state index is 0.0499. The predicted octanol–water partition coefficient (Wildman–Crippen LogP) is 9.16. The Bertz CT molecular complexity index is 1640. The lowest BCUT2D eigenvalue weighted by molar-refractivity contribution is -0.220. The van der Waals surface area contributed by atoms with Crippen LogP contribution in [0.3, 0.4) is 0 Å². The van der Waals surface area contributed by atoms with Gasteiger partial charge in [-0.25, -0.2) is 4.57 Å². The van der Waals surface area contributed by atoms with E-state index >= 15 is 0 Å². The number of hydrogen-bond donors (Lipinski definition) is 6. The van der Waals surface area contributed by atoms with Crippen molar-refractivity contribution in [1.82, 2.24) is 0 Å². The lowest BCUT2D eigenvalue weighted by Crippen LogP contribution is -2.64. The fraction of sp³-hybridized carbons (Fsp3) is 0.529. The number of unbranched alkanes of at least 4 members (excludes halogenated alkanes) is 1. The van der Waals surface area contributed by atoms with Crippen LogP contribution in [0.15, 0.2) is 134 Å². The van der Waals surface area contributed by atoms with Gasteiger partial charge in [-0.1, -0.05) is 148 Å². The fourth-order valence-corrected chi connectivity index (χ4v) is 6.85. The highest BCUT2D eigenvalue weighted by atomic mass is 31.2. The van der Waals surface area contributed by atoms with Gasteiger partial charge in [-0.3, -0.25) is 18.6 Å². The molecular weight excluding hydrogens is 852 g/mol. The van der Waals surface area contributed by atoms with Crippen LogP contribution in [0.25, 0.3) is 0 Å². The number of rotatable bonds is 35. The Morgan fingerprint density at radius 3 is 1.23 bits per heavy atom. The first-order chi connectivity index (χ1) is 31.4. The van der Waals surface area contributed by atoms with Crippen LogP contribution in [-0.4, -0.2) is 98.3 Å². The molecule has 364 valence electrons. The summed E-state index contributed by atoms with van der Waals surface area (Å²) in [6.07, 6.45) is 43.8. The van der Waals surface area contributed by atoms with E-state index in [1.54, 1.807) is 0 Å². The second-order valence-electron chi connectivity index (χ2n) is 15.1. The lowest BCUT2D eigenvalue weighted by Gasteiger charge is -2.41. The van der Waals surface area contributed by atoms with Crippen LogP contribution in [0.4, 0.5) is 0 Å². The summed E-state index contributed by atoms with van der Waals surface area (Å²) in [4.78, 5) is 35.7. The third-order valence-corrected chi connectivity index (χ3v) is 10.5. The van der Waals surface area contributed by atoms with Gasteiger partial charge in [0.2, 0.25) is 0 Å². The topological polar surface area (TPSA) is 210 Å². The number of carbonyl (C=O) groups excluding carboxylic acids is 2. The molecule has 13 nitrogen and oxygen atoms in total. The predicted molar refractivity (Wildman–Crippen MR) is 257 cm³/mol. The minimum atomic E-state index is -5.16. The molecule has 0 radical (unpaired) electrons. The molecule has 1 aliphatic rings. The van der Waals surface area contributed by atoms with Crippen molar-refractivity contribution in [3.8, 4) is 0 Å². The van der Waals surface area contributed by atoms with Crippen molar-refractivity contribution in [1.29, 1.82) is 0 Å². The van der Waals surface area contributed by atoms with Gasteiger partial charge in [0, 0.05) is 12.8 Å². The highest BCUT2D eigenvalue weighted by Gasteiger charge is 2.51. The maximum atomic E-state index is 12.8. The van der Waals surface area contributed by atoms with Gasteiger partial charge < -0.3 is 39.9 Å². The third-order valence-electron chi connectivity index (χ3n) is 9.50. The maximum Gasteiger partial charge on any atom is 0.472 e. The van der Waals surface area contributed by atoms with E-state index in [1.165, 1.54) is 0 Å². The number of phosphoric ester groups is 1. The summed E-state index contributed by atoms with van der Waals surface area (Å²) in [5.74, 6) is -1.28. The van der Waals surface area contributed by atoms with Gasteiger partial charge >= 0.3 is 19.8 Å². The summed E-state index contributed by atoms with van der Waals surface area (Å²) >= 11 is 0. The molecule has 0 bridgehead atoms. The van der Waals surface area contributed by atoms with E-state index in [2.05, 4.69) is 117 Å². The standard InChI is InChI=1S/C51H77O13P/c1-3-5-7-9-11-13-15-17-19-21-22-24-26-28-30-32-34-36-38-40-45(53)63-43(42-62-65(59,60)64-51-49(57)47(55)46(54)48(56)50(51)58)41-61-44(52)39-37-35-33-31-29-27-25-23-20-18-16-14-12-10-8-6-4-2/h5-8,11-14,17-20,22,24-25,27-28,30-31,33-34,36,43,46-51,54-58H,3-4,9-10,15-16,21,23,26,29,32,35,37-42H2,1-2H3,(H,59,60)/b7-5+,8-6+,13-11+,14-12+,19-17+,20-18+,24-22+,27-25+,30-28+,33-31+,36-34+/t43-,46?,47-,48?,49?,50?,51?/m1/s1. The van der Waals surface area contributed by atoms with E-state index in [-0.39, 0.29) is 12.8 Å². The van der Waals surface area contributed by atoms with Crippen LogP contribution in [0.2, 0.25) is 0 Å². The number of esters is 2. The molecule has 0 aliphatic heterocycles. The SMILES string of the molecule is CC/C=C/C/C=C/C/C=C/C/C=C/C/C=C/C/C=C/CCC(=O)O[C@H](COC(=O)CCC/C=C/C/C=C/C/C=C/C/C=C/C/C=C/CC)COP(=O)(O)OC1C(O)C(O)C(O)[C@@H](O)C1O. The molecule has 0 amide bonds. The molecule has 1 fully saturated rings. The highest BCUT2D eigenvalue weighted by Crippen LogP contribution is 2.47. The zero-order valence-electron chi connectivity index (χ0n) is 38.5. The van der Waals surface area contributed by atoms with Gasteiger partial charge in [0.15, 0.2) is 6.10 Å². The largest absolute Gasteiger partial charge is 0.472 e. The summed E-state index contributed by atoms with van der Waals surface area (Å²) in [5, 5.41) is 50.2. The van der Waals surface area contributed by atoms with Crippen LogP contribution in [0.1, 0.15) is 117 Å². The van der Waals surface area contributed by atoms with Crippen LogP contribution in [0, 0.1) is 0 Å². The number of aliphatic hydroxyl groups excluding tert-OH is 5. The van der Waals surface area contributed by atoms with E-state index in [4.69, 9.17) is 18.5 Å². The summed E-state index contributed by atoms with van der Waals surface area (Å²) in [5.41, 5.74) is 0. The molecule has 8 atom stereocenters. The van der Waals surface area contributed by atoms with E-state index in [0.29, 0.717) is 25.7 Å². The molecule has 1 saturated carbocycles. The molecular formula is C51H77O13P. The number of aliphatic hydroxyl groups is 5. The number of ether oxygens (including phenoxy) is 2. The van der Waals surface area contributed by atoms with Crippen LogP contribution in [0.5, 0.6) is 0 Å². The normalized spacial score (nSPS) is 22.6. The third kappa shape index (κ3) is 31.5. The Hall–Kier alpha value is -4.01. The van der Waals surface area contributed by atoms with Crippen LogP contribution in [-0.2, 0) is 32.7 Å². The number of hydrogen-bond acceptors (Lipinski definition) is 12. The van der Waals surface area contributed by atoms with Gasteiger partial charge in [-0.05, 0) is 89.9 Å². The molecule has 0 saturated heterocycles. The lowest BCUT2D eigenvalue weighted by atomic mass is 9.85. The van der Waals surface area contributed by atoms with Gasteiger partial charge in [0.1, 0.15) is 43.2 Å². The summed E-state index contributed by atoms with van der Waals surface area (Å²) in [6, 6.07) is 0. The minimum Gasteiger partial charge on any atom is -0.462 e. The zero-order valence-corrected chi connectivity index (χ0v) is 39.4. The van der Waals surface area contributed by atoms with Crippen LogP contribution >= 0.6 is 7.82 Å².